The molecule has 0 unspecified atom stereocenters. The Kier molecular flexibility index (Phi) is 6.83. The van der Waals surface area contributed by atoms with Crippen LogP contribution in [0.4, 0.5) is 0 Å². The van der Waals surface area contributed by atoms with Crippen LogP contribution in [0.15, 0.2) is 48.5 Å². The number of Topliss-reactive ketones (excluding diaryl/α,β-unsaturated/α-hetero) is 1. The second kappa shape index (κ2) is 9.53. The molecular formula is C25H29N3O2. The van der Waals surface area contributed by atoms with Crippen LogP contribution in [-0.4, -0.2) is 21.5 Å². The third-order valence-corrected chi connectivity index (χ3v) is 5.44. The van der Waals surface area contributed by atoms with Gasteiger partial charge in [0.05, 0.1) is 12.2 Å². The van der Waals surface area contributed by atoms with Gasteiger partial charge in [-0.2, -0.15) is 5.10 Å². The number of nitrogens with one attached hydrogen (secondary N) is 1. The van der Waals surface area contributed by atoms with Gasteiger partial charge in [-0.1, -0.05) is 48.0 Å². The largest absolute Gasteiger partial charge is 0.352 e. The lowest BCUT2D eigenvalue weighted by Crippen LogP contribution is -2.24. The zero-order valence-corrected chi connectivity index (χ0v) is 18.2. The van der Waals surface area contributed by atoms with Crippen molar-refractivity contribution in [1.82, 2.24) is 15.1 Å². The monoisotopic (exact) mass is 403 g/mol. The van der Waals surface area contributed by atoms with E-state index in [0.717, 1.165) is 28.1 Å². The van der Waals surface area contributed by atoms with Gasteiger partial charge in [0.15, 0.2) is 5.78 Å². The van der Waals surface area contributed by atoms with E-state index in [9.17, 15) is 9.59 Å². The van der Waals surface area contributed by atoms with Crippen LogP contribution in [0.25, 0.3) is 0 Å². The van der Waals surface area contributed by atoms with Crippen LogP contribution in [0.5, 0.6) is 0 Å². The third kappa shape index (κ3) is 5.23. The van der Waals surface area contributed by atoms with Gasteiger partial charge in [-0.3, -0.25) is 14.3 Å². The van der Waals surface area contributed by atoms with Gasteiger partial charge < -0.3 is 5.32 Å². The molecule has 0 radical (unpaired) electrons. The van der Waals surface area contributed by atoms with Gasteiger partial charge >= 0.3 is 0 Å². The minimum absolute atomic E-state index is 0.00870. The molecule has 0 atom stereocenters. The molecule has 1 heterocycles. The van der Waals surface area contributed by atoms with Crippen molar-refractivity contribution < 1.29 is 9.59 Å². The number of aryl methyl sites for hydroxylation is 3. The van der Waals surface area contributed by atoms with Gasteiger partial charge in [0, 0.05) is 36.2 Å². The predicted octanol–water partition coefficient (Wildman–Crippen LogP) is 4.44. The molecule has 3 rings (SSSR count). The molecule has 0 fully saturated rings. The first kappa shape index (κ1) is 21.5. The smallest absolute Gasteiger partial charge is 0.220 e. The maximum atomic E-state index is 12.5. The first-order valence-corrected chi connectivity index (χ1v) is 10.3. The first-order valence-electron chi connectivity index (χ1n) is 10.3. The van der Waals surface area contributed by atoms with Crippen molar-refractivity contribution >= 4 is 11.7 Å². The number of carbonyl (C=O) groups excluding carboxylic acids is 2. The molecule has 156 valence electrons. The van der Waals surface area contributed by atoms with Crippen molar-refractivity contribution in [1.29, 1.82) is 0 Å². The highest BCUT2D eigenvalue weighted by Crippen LogP contribution is 2.16. The van der Waals surface area contributed by atoms with Gasteiger partial charge in [0.25, 0.3) is 0 Å². The fourth-order valence-corrected chi connectivity index (χ4v) is 3.57. The van der Waals surface area contributed by atoms with Crippen molar-refractivity contribution in [3.05, 3.63) is 87.7 Å². The Morgan fingerprint density at radius 1 is 0.967 bits per heavy atom. The van der Waals surface area contributed by atoms with E-state index in [1.165, 1.54) is 5.56 Å². The van der Waals surface area contributed by atoms with Crippen LogP contribution in [0.2, 0.25) is 0 Å². The molecule has 2 aromatic carbocycles. The maximum absolute atomic E-state index is 12.5. The molecule has 0 aliphatic rings. The first-order chi connectivity index (χ1) is 14.3. The maximum Gasteiger partial charge on any atom is 0.220 e. The average molecular weight is 404 g/mol. The summed E-state index contributed by atoms with van der Waals surface area (Å²) in [7, 11) is 0. The van der Waals surface area contributed by atoms with E-state index >= 15 is 0 Å². The highest BCUT2D eigenvalue weighted by atomic mass is 16.2. The van der Waals surface area contributed by atoms with E-state index in [4.69, 9.17) is 0 Å². The summed E-state index contributed by atoms with van der Waals surface area (Å²) in [6, 6.07) is 16.0. The summed E-state index contributed by atoms with van der Waals surface area (Å²) in [6.45, 7) is 8.99. The molecule has 1 aromatic heterocycles. The van der Waals surface area contributed by atoms with E-state index in [1.54, 1.807) is 0 Å². The Balaban J connectivity index is 1.56. The quantitative estimate of drug-likeness (QED) is 0.566. The molecule has 1 N–H and O–H groups in total. The Bertz CT molecular complexity index is 1050. The molecule has 1 amide bonds. The second-order valence-electron chi connectivity index (χ2n) is 7.81. The lowest BCUT2D eigenvalue weighted by Gasteiger charge is -2.08. The average Bonchev–Trinajstić information content (AvgIpc) is 2.99. The van der Waals surface area contributed by atoms with Crippen molar-refractivity contribution in [3.8, 4) is 0 Å². The van der Waals surface area contributed by atoms with Crippen molar-refractivity contribution in [3.63, 3.8) is 0 Å². The number of aromatic nitrogens is 2. The van der Waals surface area contributed by atoms with E-state index in [-0.39, 0.29) is 24.5 Å². The molecule has 0 saturated carbocycles. The molecule has 0 saturated heterocycles. The van der Waals surface area contributed by atoms with Gasteiger partial charge in [-0.05, 0) is 44.9 Å². The molecule has 0 aliphatic heterocycles. The van der Waals surface area contributed by atoms with Crippen molar-refractivity contribution in [2.24, 2.45) is 0 Å². The lowest BCUT2D eigenvalue weighted by molar-refractivity contribution is -0.121. The Morgan fingerprint density at radius 3 is 2.43 bits per heavy atom. The molecule has 5 heteroatoms. The van der Waals surface area contributed by atoms with Crippen molar-refractivity contribution in [2.45, 2.75) is 53.6 Å². The van der Waals surface area contributed by atoms with E-state index in [0.29, 0.717) is 18.7 Å². The molecule has 5 nitrogen and oxygen atoms in total. The zero-order valence-electron chi connectivity index (χ0n) is 18.2. The molecule has 3 aromatic rings. The Labute approximate surface area is 178 Å². The summed E-state index contributed by atoms with van der Waals surface area (Å²) < 4.78 is 1.97. The van der Waals surface area contributed by atoms with Crippen LogP contribution in [0, 0.1) is 27.7 Å². The minimum Gasteiger partial charge on any atom is -0.352 e. The predicted molar refractivity (Wildman–Crippen MR) is 119 cm³/mol. The topological polar surface area (TPSA) is 64.0 Å². The zero-order chi connectivity index (χ0) is 21.7. The molecule has 0 spiro atoms. The van der Waals surface area contributed by atoms with Crippen LogP contribution in [-0.2, 0) is 17.9 Å². The Hall–Kier alpha value is -3.21. The van der Waals surface area contributed by atoms with Crippen molar-refractivity contribution in [2.75, 3.05) is 0 Å². The summed E-state index contributed by atoms with van der Waals surface area (Å²) in [4.78, 5) is 24.8. The SMILES string of the molecule is Cc1ccc(C)c(C(=O)CCC(=O)NCc2c(C)nn(Cc3ccccc3)c2C)c1. The van der Waals surface area contributed by atoms with Gasteiger partial charge in [-0.15, -0.1) is 0 Å². The van der Waals surface area contributed by atoms with Crippen LogP contribution < -0.4 is 5.32 Å². The lowest BCUT2D eigenvalue weighted by atomic mass is 9.99. The Morgan fingerprint density at radius 2 is 1.70 bits per heavy atom. The van der Waals surface area contributed by atoms with Crippen LogP contribution in [0.3, 0.4) is 0 Å². The summed E-state index contributed by atoms with van der Waals surface area (Å²) >= 11 is 0. The van der Waals surface area contributed by atoms with Gasteiger partial charge in [-0.25, -0.2) is 0 Å². The molecule has 30 heavy (non-hydrogen) atoms. The van der Waals surface area contributed by atoms with Crippen LogP contribution >= 0.6 is 0 Å². The minimum atomic E-state index is -0.122. The number of rotatable bonds is 8. The number of carbonyl (C=O) groups is 2. The summed E-state index contributed by atoms with van der Waals surface area (Å²) in [5.74, 6) is -0.113. The summed E-state index contributed by atoms with van der Waals surface area (Å²) in [5.41, 5.74) is 6.87. The third-order valence-electron chi connectivity index (χ3n) is 5.44. The van der Waals surface area contributed by atoms with E-state index in [1.807, 2.05) is 68.8 Å². The summed E-state index contributed by atoms with van der Waals surface area (Å²) in [5, 5.41) is 7.57. The number of ketones is 1. The molecule has 0 bridgehead atoms. The number of benzene rings is 2. The number of hydrogen-bond acceptors (Lipinski definition) is 3. The standard InChI is InChI=1S/C25H29N3O2/c1-17-10-11-18(2)22(14-17)24(29)12-13-25(30)26-15-23-19(3)27-28(20(23)4)16-21-8-6-5-7-9-21/h5-11,14H,12-13,15-16H2,1-4H3,(H,26,30). The molecule has 0 aliphatic carbocycles. The number of nitrogens with zero attached hydrogens (tertiary/aromatic N) is 2. The highest BCUT2D eigenvalue weighted by molar-refractivity contribution is 5.99. The number of hydrogen-bond donors (Lipinski definition) is 1. The fourth-order valence-electron chi connectivity index (χ4n) is 3.57. The number of amides is 1. The van der Waals surface area contributed by atoms with Crippen LogP contribution in [0.1, 0.15) is 56.8 Å². The van der Waals surface area contributed by atoms with E-state index in [2.05, 4.69) is 22.5 Å². The molecular weight excluding hydrogens is 374 g/mol. The fraction of sp³-hybridized carbons (Fsp3) is 0.320. The normalized spacial score (nSPS) is 10.8. The highest BCUT2D eigenvalue weighted by Gasteiger charge is 2.15. The van der Waals surface area contributed by atoms with E-state index < -0.39 is 0 Å². The second-order valence-corrected chi connectivity index (χ2v) is 7.81. The van der Waals surface area contributed by atoms with Gasteiger partial charge in [0.2, 0.25) is 5.91 Å². The van der Waals surface area contributed by atoms with Gasteiger partial charge in [0.1, 0.15) is 0 Å². The summed E-state index contributed by atoms with van der Waals surface area (Å²) in [6.07, 6.45) is 0.393.